The van der Waals surface area contributed by atoms with Gasteiger partial charge in [-0.3, -0.25) is 0 Å². The second-order valence-corrected chi connectivity index (χ2v) is 3.93. The number of hydrogen-bond acceptors (Lipinski definition) is 5. The van der Waals surface area contributed by atoms with Crippen molar-refractivity contribution in [2.75, 3.05) is 13.2 Å². The maximum Gasteiger partial charge on any atom is 0.338 e. The van der Waals surface area contributed by atoms with Crippen LogP contribution in [-0.2, 0) is 11.3 Å². The maximum absolute atomic E-state index is 10.0. The van der Waals surface area contributed by atoms with E-state index in [4.69, 9.17) is 14.9 Å². The summed E-state index contributed by atoms with van der Waals surface area (Å²) >= 11 is 0. The quantitative estimate of drug-likeness (QED) is 0.824. The molecule has 1 aliphatic rings. The van der Waals surface area contributed by atoms with E-state index in [1.807, 2.05) is 0 Å². The molecule has 7 heteroatoms. The van der Waals surface area contributed by atoms with E-state index in [9.17, 15) is 4.79 Å². The summed E-state index contributed by atoms with van der Waals surface area (Å²) in [5, 5.41) is 16.6. The van der Waals surface area contributed by atoms with Crippen LogP contribution in [0.5, 0.6) is 0 Å². The van der Waals surface area contributed by atoms with Crippen LogP contribution in [0, 0.1) is 0 Å². The lowest BCUT2D eigenvalue weighted by Gasteiger charge is -1.77. The molecule has 1 fully saturated rings. The number of aromatic carboxylic acids is 1. The van der Waals surface area contributed by atoms with Crippen LogP contribution in [0.15, 0.2) is 46.0 Å². The second kappa shape index (κ2) is 11.8. The lowest BCUT2D eigenvalue weighted by atomic mass is 10.4. The maximum atomic E-state index is 10.0. The molecule has 2 N–H and O–H groups in total. The number of carboxylic acid groups (broad SMARTS) is 1. The topological polar surface area (TPSA) is 93.0 Å². The number of aliphatic hydroxyl groups excluding tert-OH is 1. The van der Waals surface area contributed by atoms with Crippen molar-refractivity contribution in [3.05, 3.63) is 48.3 Å². The molecule has 0 spiro atoms. The fourth-order valence-electron chi connectivity index (χ4n) is 1.28. The summed E-state index contributed by atoms with van der Waals surface area (Å²) in [6, 6.07) is 3.11. The van der Waals surface area contributed by atoms with E-state index in [-0.39, 0.29) is 20.6 Å². The van der Waals surface area contributed by atoms with Crippen LogP contribution in [0.1, 0.15) is 28.8 Å². The first-order valence-corrected chi connectivity index (χ1v) is 6.19. The number of carbonyl (C=O) groups is 1. The third-order valence-corrected chi connectivity index (χ3v) is 2.36. The van der Waals surface area contributed by atoms with Gasteiger partial charge in [-0.25, -0.2) is 4.79 Å². The Bertz CT molecular complexity index is 440. The van der Waals surface area contributed by atoms with Gasteiger partial charge in [0.2, 0.25) is 0 Å². The zero-order chi connectivity index (χ0) is 14.6. The highest BCUT2D eigenvalue weighted by atomic mass is 16.5. The molecule has 0 atom stereocenters. The van der Waals surface area contributed by atoms with Gasteiger partial charge in [0.25, 0.3) is 0 Å². The third-order valence-electron chi connectivity index (χ3n) is 2.36. The van der Waals surface area contributed by atoms with E-state index in [1.54, 1.807) is 6.07 Å². The van der Waals surface area contributed by atoms with Crippen LogP contribution in [-0.4, -0.2) is 37.8 Å². The van der Waals surface area contributed by atoms with Crippen LogP contribution < -0.4 is 0 Å². The Labute approximate surface area is 124 Å². The van der Waals surface area contributed by atoms with Crippen molar-refractivity contribution in [1.82, 2.24) is 0 Å². The van der Waals surface area contributed by atoms with Crippen LogP contribution >= 0.6 is 0 Å². The lowest BCUT2D eigenvalue weighted by molar-refractivity contribution is 0.0696. The van der Waals surface area contributed by atoms with Gasteiger partial charge >= 0.3 is 5.97 Å². The van der Waals surface area contributed by atoms with Crippen molar-refractivity contribution < 1.29 is 28.6 Å². The van der Waals surface area contributed by atoms with Crippen molar-refractivity contribution in [2.24, 2.45) is 0 Å². The first-order valence-electron chi connectivity index (χ1n) is 6.19. The Morgan fingerprint density at radius 2 is 1.71 bits per heavy atom. The van der Waals surface area contributed by atoms with Gasteiger partial charge in [-0.05, 0) is 25.0 Å². The molecular weight excluding hydrogens is 275 g/mol. The molecule has 0 saturated carbocycles. The van der Waals surface area contributed by atoms with Gasteiger partial charge in [-0.15, -0.1) is 0 Å². The predicted molar refractivity (Wildman–Crippen MR) is 76.1 cm³/mol. The molecule has 0 aliphatic carbocycles. The standard InChI is InChI=1S/C5H4O3.C5H6O2.C4H8O.B/c6-5(7)4-1-2-8-3-4;6-3-5-1-2-7-4-5;1-2-4-5-3-1;/h1-3H,(H,6,7);1-2,4,6H,3H2;1-4H2;. The Kier molecular flexibility index (Phi) is 10.7. The highest BCUT2D eigenvalue weighted by Crippen LogP contribution is 1.98. The molecule has 0 unspecified atom stereocenters. The molecule has 3 radical (unpaired) electrons. The fourth-order valence-corrected chi connectivity index (χ4v) is 1.28. The van der Waals surface area contributed by atoms with Crippen molar-refractivity contribution >= 4 is 14.4 Å². The number of ether oxygens (including phenoxy) is 1. The Balaban J connectivity index is 0.000000286. The zero-order valence-electron chi connectivity index (χ0n) is 11.6. The minimum Gasteiger partial charge on any atom is -0.478 e. The summed E-state index contributed by atoms with van der Waals surface area (Å²) in [6.07, 6.45) is 8.11. The highest BCUT2D eigenvalue weighted by molar-refractivity contribution is 5.86. The molecule has 2 aromatic rings. The summed E-state index contributed by atoms with van der Waals surface area (Å²) in [5.41, 5.74) is 1.00. The van der Waals surface area contributed by atoms with Crippen LogP contribution in [0.4, 0.5) is 0 Å². The summed E-state index contributed by atoms with van der Waals surface area (Å²) < 4.78 is 14.1. The normalized spacial score (nSPS) is 12.2. The van der Waals surface area contributed by atoms with Crippen LogP contribution in [0.3, 0.4) is 0 Å². The molecule has 2 aromatic heterocycles. The lowest BCUT2D eigenvalue weighted by Crippen LogP contribution is -1.90. The molecule has 1 aliphatic heterocycles. The van der Waals surface area contributed by atoms with E-state index in [0.717, 1.165) is 18.8 Å². The highest BCUT2D eigenvalue weighted by Gasteiger charge is 2.00. The summed E-state index contributed by atoms with van der Waals surface area (Å²) in [4.78, 5) is 10.0. The molecule has 3 rings (SSSR count). The van der Waals surface area contributed by atoms with Gasteiger partial charge in [0, 0.05) is 27.2 Å². The van der Waals surface area contributed by atoms with Crippen molar-refractivity contribution in [3.63, 3.8) is 0 Å². The Morgan fingerprint density at radius 3 is 1.95 bits per heavy atom. The molecule has 21 heavy (non-hydrogen) atoms. The number of carboxylic acids is 1. The molecule has 113 valence electrons. The van der Waals surface area contributed by atoms with Crippen molar-refractivity contribution in [2.45, 2.75) is 19.4 Å². The van der Waals surface area contributed by atoms with E-state index in [2.05, 4.69) is 8.83 Å². The Morgan fingerprint density at radius 1 is 1.10 bits per heavy atom. The minimum atomic E-state index is -0.959. The number of rotatable bonds is 2. The first-order chi connectivity index (χ1) is 9.74. The minimum absolute atomic E-state index is 0. The molecule has 3 heterocycles. The molecule has 0 amide bonds. The smallest absolute Gasteiger partial charge is 0.338 e. The predicted octanol–water partition coefficient (Wildman–Crippen LogP) is 2.17. The van der Waals surface area contributed by atoms with E-state index in [1.165, 1.54) is 44.0 Å². The Hall–Kier alpha value is -1.99. The molecule has 0 aromatic carbocycles. The van der Waals surface area contributed by atoms with E-state index >= 15 is 0 Å². The van der Waals surface area contributed by atoms with Gasteiger partial charge in [-0.1, -0.05) is 0 Å². The van der Waals surface area contributed by atoms with Gasteiger partial charge < -0.3 is 23.8 Å². The van der Waals surface area contributed by atoms with Crippen LogP contribution in [0.2, 0.25) is 0 Å². The van der Waals surface area contributed by atoms with Gasteiger partial charge in [0.15, 0.2) is 0 Å². The zero-order valence-corrected chi connectivity index (χ0v) is 11.6. The molecular formula is C14H18BO6. The number of hydrogen-bond donors (Lipinski definition) is 2. The van der Waals surface area contributed by atoms with Gasteiger partial charge in [0.05, 0.1) is 31.0 Å². The molecule has 6 nitrogen and oxygen atoms in total. The average molecular weight is 293 g/mol. The van der Waals surface area contributed by atoms with Crippen molar-refractivity contribution in [1.29, 1.82) is 0 Å². The number of aliphatic hydroxyl groups is 1. The summed E-state index contributed by atoms with van der Waals surface area (Å²) in [5.74, 6) is -0.959. The second-order valence-electron chi connectivity index (χ2n) is 3.93. The average Bonchev–Trinajstić information content (AvgIpc) is 3.21. The van der Waals surface area contributed by atoms with Gasteiger partial charge in [0.1, 0.15) is 6.26 Å². The first kappa shape index (κ1) is 19.0. The monoisotopic (exact) mass is 293 g/mol. The summed E-state index contributed by atoms with van der Waals surface area (Å²) in [7, 11) is 0. The van der Waals surface area contributed by atoms with Crippen molar-refractivity contribution in [3.8, 4) is 0 Å². The summed E-state index contributed by atoms with van der Waals surface area (Å²) in [6.45, 7) is 2.07. The SMILES string of the molecule is C1CCOC1.O=C(O)c1ccoc1.OCc1ccoc1.[B]. The molecule has 0 bridgehead atoms. The molecule has 1 saturated heterocycles. The third kappa shape index (κ3) is 8.72. The largest absolute Gasteiger partial charge is 0.478 e. The van der Waals surface area contributed by atoms with Gasteiger partial charge in [-0.2, -0.15) is 0 Å². The van der Waals surface area contributed by atoms with E-state index in [0.29, 0.717) is 0 Å². The fraction of sp³-hybridized carbons (Fsp3) is 0.357. The van der Waals surface area contributed by atoms with E-state index < -0.39 is 5.97 Å². The van der Waals surface area contributed by atoms with Crippen LogP contribution in [0.25, 0.3) is 0 Å². The number of furan rings is 2.